The van der Waals surface area contributed by atoms with E-state index in [4.69, 9.17) is 4.74 Å². The number of hydrogen-bond donors (Lipinski definition) is 1. The van der Waals surface area contributed by atoms with Gasteiger partial charge >= 0.3 is 5.97 Å². The van der Waals surface area contributed by atoms with Gasteiger partial charge in [-0.25, -0.2) is 9.18 Å². The lowest BCUT2D eigenvalue weighted by Crippen LogP contribution is -2.36. The Hall–Kier alpha value is -4.18. The summed E-state index contributed by atoms with van der Waals surface area (Å²) < 4.78 is 20.2. The molecular formula is C27H24FN3O5S. The minimum atomic E-state index is -0.617. The predicted octanol–water partition coefficient (Wildman–Crippen LogP) is 5.00. The lowest BCUT2D eigenvalue weighted by Gasteiger charge is -2.15. The lowest BCUT2D eigenvalue weighted by atomic mass is 10.1. The molecule has 4 rings (SSSR count). The van der Waals surface area contributed by atoms with E-state index in [-0.39, 0.29) is 10.6 Å². The number of benzene rings is 2. The maximum absolute atomic E-state index is 13.4. The van der Waals surface area contributed by atoms with Crippen LogP contribution in [0.4, 0.5) is 14.9 Å². The number of rotatable bonds is 6. The van der Waals surface area contributed by atoms with Gasteiger partial charge in [-0.05, 0) is 86.1 Å². The number of thioether (sulfide) groups is 1. The molecule has 2 heterocycles. The highest BCUT2D eigenvalue weighted by Gasteiger charge is 2.36. The standard InChI is InChI=1S/C27H24FN3O5S/c1-15-11-18(17(3)31(15)22-10-6-9-21(16(22)2)26(34)36-4)12-23-25(33)30(27(35)37-23)14-24(32)29-20-8-5-7-19(28)13-20/h5-13H,14H2,1-4H3,(H,29,32)/b23-12+. The van der Waals surface area contributed by atoms with Crippen LogP contribution >= 0.6 is 11.8 Å². The van der Waals surface area contributed by atoms with E-state index < -0.39 is 35.4 Å². The molecule has 3 aromatic rings. The smallest absolute Gasteiger partial charge is 0.338 e. The largest absolute Gasteiger partial charge is 0.465 e. The van der Waals surface area contributed by atoms with Gasteiger partial charge in [0.25, 0.3) is 11.1 Å². The summed E-state index contributed by atoms with van der Waals surface area (Å²) in [7, 11) is 1.33. The van der Waals surface area contributed by atoms with Gasteiger partial charge in [0.2, 0.25) is 5.91 Å². The number of hydrogen-bond acceptors (Lipinski definition) is 6. The first-order valence-corrected chi connectivity index (χ1v) is 12.1. The first kappa shape index (κ1) is 25.9. The Morgan fingerprint density at radius 1 is 1.08 bits per heavy atom. The van der Waals surface area contributed by atoms with Crippen LogP contribution in [0, 0.1) is 26.6 Å². The number of amides is 3. The van der Waals surface area contributed by atoms with Crippen molar-refractivity contribution in [2.24, 2.45) is 0 Å². The minimum absolute atomic E-state index is 0.184. The molecule has 1 N–H and O–H groups in total. The van der Waals surface area contributed by atoms with E-state index in [9.17, 15) is 23.6 Å². The van der Waals surface area contributed by atoms with Crippen LogP contribution < -0.4 is 5.32 Å². The van der Waals surface area contributed by atoms with Crippen molar-refractivity contribution in [1.82, 2.24) is 9.47 Å². The lowest BCUT2D eigenvalue weighted by molar-refractivity contribution is -0.127. The van der Waals surface area contributed by atoms with Crippen LogP contribution in [-0.4, -0.2) is 46.1 Å². The number of esters is 1. The summed E-state index contributed by atoms with van der Waals surface area (Å²) in [6, 6.07) is 12.6. The summed E-state index contributed by atoms with van der Waals surface area (Å²) in [5.74, 6) is -2.15. The topological polar surface area (TPSA) is 97.7 Å². The molecule has 1 aliphatic rings. The molecule has 0 spiro atoms. The number of anilines is 1. The number of halogens is 1. The molecule has 10 heteroatoms. The van der Waals surface area contributed by atoms with Crippen LogP contribution in [0.5, 0.6) is 0 Å². The first-order valence-electron chi connectivity index (χ1n) is 11.3. The zero-order valence-corrected chi connectivity index (χ0v) is 21.4. The number of imide groups is 1. The zero-order valence-electron chi connectivity index (χ0n) is 20.6. The van der Waals surface area contributed by atoms with Gasteiger partial charge in [0.15, 0.2) is 0 Å². The Morgan fingerprint density at radius 2 is 1.81 bits per heavy atom. The van der Waals surface area contributed by atoms with Crippen molar-refractivity contribution in [3.63, 3.8) is 0 Å². The van der Waals surface area contributed by atoms with Gasteiger partial charge in [0, 0.05) is 22.8 Å². The summed E-state index contributed by atoms with van der Waals surface area (Å²) in [4.78, 5) is 51.0. The minimum Gasteiger partial charge on any atom is -0.465 e. The second kappa shape index (κ2) is 10.4. The highest BCUT2D eigenvalue weighted by Crippen LogP contribution is 2.34. The molecule has 1 fully saturated rings. The third-order valence-corrected chi connectivity index (χ3v) is 6.90. The van der Waals surface area contributed by atoms with Gasteiger partial charge in [-0.1, -0.05) is 12.1 Å². The molecule has 0 saturated carbocycles. The average Bonchev–Trinajstić information content (AvgIpc) is 3.27. The third-order valence-electron chi connectivity index (χ3n) is 5.99. The van der Waals surface area contributed by atoms with Crippen molar-refractivity contribution in [3.8, 4) is 5.69 Å². The van der Waals surface area contributed by atoms with Crippen LogP contribution in [0.3, 0.4) is 0 Å². The fourth-order valence-electron chi connectivity index (χ4n) is 4.19. The molecule has 2 aromatic carbocycles. The number of nitrogens with zero attached hydrogens (tertiary/aromatic N) is 2. The SMILES string of the molecule is COC(=O)c1cccc(-n2c(C)cc(/C=C3/SC(=O)N(CC(=O)Nc4cccc(F)c4)C3=O)c2C)c1C. The predicted molar refractivity (Wildman–Crippen MR) is 139 cm³/mol. The molecule has 1 aromatic heterocycles. The molecule has 1 saturated heterocycles. The van der Waals surface area contributed by atoms with Gasteiger partial charge in [-0.15, -0.1) is 0 Å². The number of nitrogens with one attached hydrogen (secondary N) is 1. The van der Waals surface area contributed by atoms with Crippen molar-refractivity contribution >= 4 is 46.5 Å². The fraction of sp³-hybridized carbons (Fsp3) is 0.185. The number of aryl methyl sites for hydroxylation is 1. The summed E-state index contributed by atoms with van der Waals surface area (Å²) in [6.07, 6.45) is 1.62. The Morgan fingerprint density at radius 3 is 2.51 bits per heavy atom. The van der Waals surface area contributed by atoms with Gasteiger partial charge in [0.05, 0.1) is 17.6 Å². The molecule has 0 radical (unpaired) electrons. The van der Waals surface area contributed by atoms with Crippen LogP contribution in [0.25, 0.3) is 11.8 Å². The summed E-state index contributed by atoms with van der Waals surface area (Å²) >= 11 is 0.748. The highest BCUT2D eigenvalue weighted by atomic mass is 32.2. The molecule has 37 heavy (non-hydrogen) atoms. The van der Waals surface area contributed by atoms with Crippen LogP contribution in [0.2, 0.25) is 0 Å². The molecule has 0 atom stereocenters. The van der Waals surface area contributed by atoms with Crippen molar-refractivity contribution in [2.45, 2.75) is 20.8 Å². The molecule has 190 valence electrons. The normalized spacial score (nSPS) is 14.4. The summed E-state index contributed by atoms with van der Waals surface area (Å²) in [5.41, 5.74) is 4.60. The molecule has 0 unspecified atom stereocenters. The average molecular weight is 522 g/mol. The molecule has 0 bridgehead atoms. The van der Waals surface area contributed by atoms with Crippen molar-refractivity contribution in [3.05, 3.63) is 87.3 Å². The molecule has 1 aliphatic heterocycles. The van der Waals surface area contributed by atoms with E-state index in [2.05, 4.69) is 5.32 Å². The number of aromatic nitrogens is 1. The van der Waals surface area contributed by atoms with E-state index in [1.54, 1.807) is 18.2 Å². The van der Waals surface area contributed by atoms with Gasteiger partial charge in [-0.3, -0.25) is 19.3 Å². The maximum atomic E-state index is 13.4. The first-order chi connectivity index (χ1) is 17.6. The number of carbonyl (C=O) groups is 4. The van der Waals surface area contributed by atoms with Crippen molar-refractivity contribution < 1.29 is 28.3 Å². The fourth-order valence-corrected chi connectivity index (χ4v) is 5.02. The number of ether oxygens (including phenoxy) is 1. The monoisotopic (exact) mass is 521 g/mol. The van der Waals surface area contributed by atoms with E-state index in [0.717, 1.165) is 50.9 Å². The molecule has 8 nitrogen and oxygen atoms in total. The third kappa shape index (κ3) is 5.19. The van der Waals surface area contributed by atoms with Gasteiger partial charge < -0.3 is 14.6 Å². The van der Waals surface area contributed by atoms with Crippen LogP contribution in [0.15, 0.2) is 53.4 Å². The Kier molecular flexibility index (Phi) is 7.30. The second-order valence-corrected chi connectivity index (χ2v) is 9.42. The van der Waals surface area contributed by atoms with Gasteiger partial charge in [0.1, 0.15) is 12.4 Å². The van der Waals surface area contributed by atoms with Gasteiger partial charge in [-0.2, -0.15) is 0 Å². The summed E-state index contributed by atoms with van der Waals surface area (Å²) in [6.45, 7) is 5.12. The van der Waals surface area contributed by atoms with E-state index >= 15 is 0 Å². The maximum Gasteiger partial charge on any atom is 0.338 e. The highest BCUT2D eigenvalue weighted by molar-refractivity contribution is 8.18. The van der Waals surface area contributed by atoms with Crippen molar-refractivity contribution in [1.29, 1.82) is 0 Å². The molecular weight excluding hydrogens is 497 g/mol. The number of carbonyl (C=O) groups excluding carboxylic acids is 4. The van der Waals surface area contributed by atoms with E-state index in [1.807, 2.05) is 37.5 Å². The zero-order chi connectivity index (χ0) is 26.9. The Balaban J connectivity index is 1.58. The van der Waals surface area contributed by atoms with E-state index in [1.165, 1.54) is 25.3 Å². The number of methoxy groups -OCH3 is 1. The van der Waals surface area contributed by atoms with Crippen LogP contribution in [0.1, 0.15) is 32.9 Å². The Bertz CT molecular complexity index is 1480. The van der Waals surface area contributed by atoms with Crippen LogP contribution in [-0.2, 0) is 14.3 Å². The molecule has 3 amide bonds. The van der Waals surface area contributed by atoms with Crippen molar-refractivity contribution in [2.75, 3.05) is 19.0 Å². The molecule has 0 aliphatic carbocycles. The quantitative estimate of drug-likeness (QED) is 0.362. The Labute approximate surface area is 217 Å². The second-order valence-electron chi connectivity index (χ2n) is 8.43. The van der Waals surface area contributed by atoms with E-state index in [0.29, 0.717) is 5.56 Å². The summed E-state index contributed by atoms with van der Waals surface area (Å²) in [5, 5.41) is 1.92.